The Morgan fingerprint density at radius 2 is 1.69 bits per heavy atom. The minimum atomic E-state index is -3.63. The van der Waals surface area contributed by atoms with E-state index in [2.05, 4.69) is 34.3 Å². The zero-order chi connectivity index (χ0) is 24.6. The second-order valence-corrected chi connectivity index (χ2v) is 12.0. The number of sulfonamides is 1. The number of fused-ring (bicyclic) bond motifs is 1. The maximum absolute atomic E-state index is 13.8. The predicted molar refractivity (Wildman–Crippen MR) is 140 cm³/mol. The summed E-state index contributed by atoms with van der Waals surface area (Å²) in [6.07, 6.45) is 7.25. The fourth-order valence-corrected chi connectivity index (χ4v) is 6.39. The van der Waals surface area contributed by atoms with Crippen LogP contribution in [0.4, 0.5) is 5.69 Å². The van der Waals surface area contributed by atoms with E-state index < -0.39 is 10.0 Å². The molecule has 0 aliphatic carbocycles. The summed E-state index contributed by atoms with van der Waals surface area (Å²) in [5, 5.41) is 1.26. The van der Waals surface area contributed by atoms with Gasteiger partial charge in [-0.3, -0.25) is 4.79 Å². The van der Waals surface area contributed by atoms with Gasteiger partial charge in [0.25, 0.3) is 5.91 Å². The lowest BCUT2D eigenvalue weighted by atomic mass is 9.89. The fourth-order valence-electron chi connectivity index (χ4n) is 5.46. The van der Waals surface area contributed by atoms with Gasteiger partial charge in [0, 0.05) is 63.1 Å². The third kappa shape index (κ3) is 4.57. The Hall–Kier alpha value is -2.84. The number of carbonyl (C=O) groups excluding carboxylic acids is 1. The number of nitrogens with zero attached hydrogens (tertiary/aromatic N) is 3. The van der Waals surface area contributed by atoms with E-state index in [1.165, 1.54) is 35.8 Å². The van der Waals surface area contributed by atoms with Gasteiger partial charge in [0.1, 0.15) is 0 Å². The van der Waals surface area contributed by atoms with Crippen molar-refractivity contribution in [2.24, 2.45) is 0 Å². The molecule has 2 fully saturated rings. The maximum Gasteiger partial charge on any atom is 0.256 e. The molecule has 8 heteroatoms. The lowest BCUT2D eigenvalue weighted by molar-refractivity contribution is 0.0713. The molecule has 0 radical (unpaired) electrons. The van der Waals surface area contributed by atoms with Crippen LogP contribution in [0.1, 0.15) is 53.9 Å². The molecule has 3 heterocycles. The zero-order valence-electron chi connectivity index (χ0n) is 20.5. The van der Waals surface area contributed by atoms with Crippen LogP contribution >= 0.6 is 0 Å². The van der Waals surface area contributed by atoms with Gasteiger partial charge in [-0.05, 0) is 67.9 Å². The molecular weight excluding hydrogens is 460 g/mol. The van der Waals surface area contributed by atoms with Gasteiger partial charge in [0.05, 0.1) is 10.5 Å². The second kappa shape index (κ2) is 9.66. The number of anilines is 1. The highest BCUT2D eigenvalue weighted by atomic mass is 32.2. The van der Waals surface area contributed by atoms with E-state index in [1.54, 1.807) is 12.1 Å². The number of para-hydroxylation sites is 1. The van der Waals surface area contributed by atoms with Gasteiger partial charge in [-0.1, -0.05) is 18.2 Å². The highest BCUT2D eigenvalue weighted by Gasteiger charge is 2.30. The third-order valence-electron chi connectivity index (χ3n) is 7.52. The van der Waals surface area contributed by atoms with Crippen LogP contribution in [0.25, 0.3) is 10.9 Å². The van der Waals surface area contributed by atoms with Gasteiger partial charge < -0.3 is 14.8 Å². The number of hydrogen-bond acceptors (Lipinski definition) is 4. The molecule has 0 atom stereocenters. The molecule has 1 amide bonds. The predicted octanol–water partition coefficient (Wildman–Crippen LogP) is 4.43. The van der Waals surface area contributed by atoms with Gasteiger partial charge >= 0.3 is 0 Å². The number of nitrogens with one attached hydrogen (secondary N) is 1. The number of aromatic nitrogens is 1. The SMILES string of the molecule is CN(C)S(=O)(=O)c1ccc(N2CCCCC2)c(C(=O)N2CCC(c3c[nH]c4ccccc34)CC2)c1. The quantitative estimate of drug-likeness (QED) is 0.569. The molecule has 2 aliphatic heterocycles. The number of carbonyl (C=O) groups is 1. The first-order valence-corrected chi connectivity index (χ1v) is 14.0. The molecule has 1 aromatic heterocycles. The van der Waals surface area contributed by atoms with Crippen LogP contribution in [0, 0.1) is 0 Å². The molecule has 2 aromatic carbocycles. The number of H-pyrrole nitrogens is 1. The first kappa shape index (κ1) is 23.9. The van der Waals surface area contributed by atoms with Crippen LogP contribution in [-0.4, -0.2) is 68.8 Å². The Balaban J connectivity index is 1.40. The van der Waals surface area contributed by atoms with Crippen molar-refractivity contribution in [2.75, 3.05) is 45.2 Å². The third-order valence-corrected chi connectivity index (χ3v) is 9.33. The summed E-state index contributed by atoms with van der Waals surface area (Å²) in [6.45, 7) is 3.10. The normalized spacial score (nSPS) is 17.9. The minimum Gasteiger partial charge on any atom is -0.371 e. The topological polar surface area (TPSA) is 76.7 Å². The molecule has 0 saturated carbocycles. The van der Waals surface area contributed by atoms with Crippen LogP contribution in [0.3, 0.4) is 0 Å². The highest BCUT2D eigenvalue weighted by molar-refractivity contribution is 7.89. The van der Waals surface area contributed by atoms with Crippen LogP contribution < -0.4 is 4.90 Å². The number of piperidine rings is 2. The summed E-state index contributed by atoms with van der Waals surface area (Å²) in [5.41, 5.74) is 3.82. The average molecular weight is 495 g/mol. The summed E-state index contributed by atoms with van der Waals surface area (Å²) in [4.78, 5) is 21.5. The molecule has 2 aliphatic rings. The summed E-state index contributed by atoms with van der Waals surface area (Å²) >= 11 is 0. The number of benzene rings is 2. The van der Waals surface area contributed by atoms with Crippen molar-refractivity contribution in [1.29, 1.82) is 0 Å². The van der Waals surface area contributed by atoms with Crippen molar-refractivity contribution in [1.82, 2.24) is 14.2 Å². The van der Waals surface area contributed by atoms with Gasteiger partial charge in [-0.25, -0.2) is 12.7 Å². The van der Waals surface area contributed by atoms with E-state index in [-0.39, 0.29) is 10.8 Å². The molecule has 35 heavy (non-hydrogen) atoms. The summed E-state index contributed by atoms with van der Waals surface area (Å²) in [7, 11) is -0.592. The largest absolute Gasteiger partial charge is 0.371 e. The minimum absolute atomic E-state index is 0.0706. The zero-order valence-corrected chi connectivity index (χ0v) is 21.4. The average Bonchev–Trinajstić information content (AvgIpc) is 3.32. The van der Waals surface area contributed by atoms with E-state index in [4.69, 9.17) is 0 Å². The van der Waals surface area contributed by atoms with E-state index in [1.807, 2.05) is 17.0 Å². The van der Waals surface area contributed by atoms with Crippen molar-refractivity contribution in [3.8, 4) is 0 Å². The monoisotopic (exact) mass is 494 g/mol. The molecule has 1 N–H and O–H groups in total. The number of rotatable bonds is 5. The molecule has 3 aromatic rings. The molecule has 5 rings (SSSR count). The van der Waals surface area contributed by atoms with Crippen LogP contribution in [0.5, 0.6) is 0 Å². The fraction of sp³-hybridized carbons (Fsp3) is 0.444. The molecule has 7 nitrogen and oxygen atoms in total. The standard InChI is InChI=1S/C27H34N4O3S/c1-29(2)35(33,34)21-10-11-26(30-14-6-3-7-15-30)23(18-21)27(32)31-16-12-20(13-17-31)24-19-28-25-9-5-4-8-22(24)25/h4-5,8-11,18-20,28H,3,6-7,12-17H2,1-2H3. The van der Waals surface area contributed by atoms with Gasteiger partial charge in [0.2, 0.25) is 10.0 Å². The first-order valence-electron chi connectivity index (χ1n) is 12.5. The molecule has 0 unspecified atom stereocenters. The summed E-state index contributed by atoms with van der Waals surface area (Å²) in [6, 6.07) is 13.4. The van der Waals surface area contributed by atoms with E-state index in [0.717, 1.165) is 50.0 Å². The first-order chi connectivity index (χ1) is 16.9. The van der Waals surface area contributed by atoms with E-state index in [9.17, 15) is 13.2 Å². The summed E-state index contributed by atoms with van der Waals surface area (Å²) in [5.74, 6) is 0.330. The number of likely N-dealkylation sites (tertiary alicyclic amines) is 1. The summed E-state index contributed by atoms with van der Waals surface area (Å²) < 4.78 is 26.9. The molecule has 0 spiro atoms. The van der Waals surface area contributed by atoms with Crippen LogP contribution in [0.2, 0.25) is 0 Å². The Bertz CT molecular complexity index is 1320. The lowest BCUT2D eigenvalue weighted by Crippen LogP contribution is -2.39. The Kier molecular flexibility index (Phi) is 6.59. The lowest BCUT2D eigenvalue weighted by Gasteiger charge is -2.35. The van der Waals surface area contributed by atoms with E-state index in [0.29, 0.717) is 24.6 Å². The van der Waals surface area contributed by atoms with Crippen molar-refractivity contribution >= 4 is 32.5 Å². The molecule has 2 saturated heterocycles. The molecular formula is C27H34N4O3S. The number of aromatic amines is 1. The molecule has 0 bridgehead atoms. The smallest absolute Gasteiger partial charge is 0.256 e. The molecule has 186 valence electrons. The van der Waals surface area contributed by atoms with Crippen molar-refractivity contribution in [3.63, 3.8) is 0 Å². The Labute approximate surface area is 207 Å². The second-order valence-electron chi connectivity index (χ2n) is 9.87. The number of amides is 1. The highest BCUT2D eigenvalue weighted by Crippen LogP contribution is 2.35. The van der Waals surface area contributed by atoms with Gasteiger partial charge in [-0.15, -0.1) is 0 Å². The maximum atomic E-state index is 13.8. The Morgan fingerprint density at radius 3 is 2.40 bits per heavy atom. The van der Waals surface area contributed by atoms with E-state index >= 15 is 0 Å². The van der Waals surface area contributed by atoms with Crippen molar-refractivity contribution < 1.29 is 13.2 Å². The van der Waals surface area contributed by atoms with Crippen LogP contribution in [-0.2, 0) is 10.0 Å². The van der Waals surface area contributed by atoms with Crippen LogP contribution in [0.15, 0.2) is 53.6 Å². The van der Waals surface area contributed by atoms with Gasteiger partial charge in [0.15, 0.2) is 0 Å². The van der Waals surface area contributed by atoms with Gasteiger partial charge in [-0.2, -0.15) is 0 Å². The van der Waals surface area contributed by atoms with Crippen molar-refractivity contribution in [2.45, 2.75) is 42.9 Å². The Morgan fingerprint density at radius 1 is 0.971 bits per heavy atom. The number of hydrogen-bond donors (Lipinski definition) is 1. The van der Waals surface area contributed by atoms with Crippen molar-refractivity contribution in [3.05, 3.63) is 59.8 Å².